The van der Waals surface area contributed by atoms with Crippen LogP contribution in [-0.2, 0) is 14.3 Å². The van der Waals surface area contributed by atoms with Crippen molar-refractivity contribution >= 4 is 18.3 Å². The molecule has 1 aliphatic rings. The molecule has 0 aromatic carbocycles. The van der Waals surface area contributed by atoms with Crippen molar-refractivity contribution in [1.29, 1.82) is 0 Å². The molecule has 1 saturated heterocycles. The number of halogens is 1. The number of nitrogens with one attached hydrogen (secondary N) is 1. The van der Waals surface area contributed by atoms with Crippen molar-refractivity contribution in [2.24, 2.45) is 0 Å². The molecule has 0 aliphatic carbocycles. The predicted octanol–water partition coefficient (Wildman–Crippen LogP) is 0.672. The maximum Gasteiger partial charge on any atom is 0.254 e. The Balaban J connectivity index is 0.00000289. The van der Waals surface area contributed by atoms with Crippen LogP contribution in [0.25, 0.3) is 0 Å². The summed E-state index contributed by atoms with van der Waals surface area (Å²) in [6.07, 6.45) is 2.35. The molecule has 0 saturated carbocycles. The van der Waals surface area contributed by atoms with Gasteiger partial charge in [-0.25, -0.2) is 0 Å². The molecule has 0 radical (unpaired) electrons. The lowest BCUT2D eigenvalue weighted by Crippen LogP contribution is -2.54. The summed E-state index contributed by atoms with van der Waals surface area (Å²) in [4.78, 5) is 14.1. The Kier molecular flexibility index (Phi) is 8.52. The third-order valence-electron chi connectivity index (χ3n) is 3.38. The van der Waals surface area contributed by atoms with Gasteiger partial charge in [-0.15, -0.1) is 12.4 Å². The van der Waals surface area contributed by atoms with E-state index in [1.54, 1.807) is 19.1 Å². The minimum Gasteiger partial charge on any atom is -0.385 e. The maximum absolute atomic E-state index is 12.4. The molecule has 108 valence electrons. The summed E-state index contributed by atoms with van der Waals surface area (Å²) in [5.41, 5.74) is -0.618. The van der Waals surface area contributed by atoms with E-state index in [4.69, 9.17) is 9.47 Å². The van der Waals surface area contributed by atoms with Gasteiger partial charge >= 0.3 is 0 Å². The van der Waals surface area contributed by atoms with Crippen molar-refractivity contribution in [2.45, 2.75) is 24.9 Å². The summed E-state index contributed by atoms with van der Waals surface area (Å²) in [5, 5.41) is 3.25. The third kappa shape index (κ3) is 4.39. The van der Waals surface area contributed by atoms with Crippen LogP contribution >= 0.6 is 12.4 Å². The van der Waals surface area contributed by atoms with E-state index >= 15 is 0 Å². The Morgan fingerprint density at radius 3 is 2.44 bits per heavy atom. The summed E-state index contributed by atoms with van der Waals surface area (Å²) < 4.78 is 10.5. The molecule has 5 nitrogen and oxygen atoms in total. The fraction of sp³-hybridized carbons (Fsp3) is 0.917. The molecule has 0 bridgehead atoms. The van der Waals surface area contributed by atoms with Gasteiger partial charge in [0.15, 0.2) is 0 Å². The number of ether oxygens (including phenoxy) is 2. The molecule has 0 unspecified atom stereocenters. The average Bonchev–Trinajstić information content (AvgIpc) is 2.38. The highest BCUT2D eigenvalue weighted by Crippen LogP contribution is 2.24. The summed E-state index contributed by atoms with van der Waals surface area (Å²) in [7, 11) is 5.14. The van der Waals surface area contributed by atoms with Crippen LogP contribution in [0.15, 0.2) is 0 Å². The highest BCUT2D eigenvalue weighted by Gasteiger charge is 2.41. The number of carbonyl (C=O) groups excluding carboxylic acids is 1. The summed E-state index contributed by atoms with van der Waals surface area (Å²) in [6, 6.07) is 0. The second-order valence-corrected chi connectivity index (χ2v) is 4.52. The van der Waals surface area contributed by atoms with E-state index in [-0.39, 0.29) is 18.3 Å². The zero-order valence-corrected chi connectivity index (χ0v) is 12.3. The van der Waals surface area contributed by atoms with E-state index < -0.39 is 5.60 Å². The Labute approximate surface area is 116 Å². The summed E-state index contributed by atoms with van der Waals surface area (Å²) in [5.74, 6) is 0.0950. The fourth-order valence-corrected chi connectivity index (χ4v) is 2.23. The van der Waals surface area contributed by atoms with Gasteiger partial charge < -0.3 is 19.7 Å². The first-order valence-corrected chi connectivity index (χ1v) is 6.16. The van der Waals surface area contributed by atoms with E-state index in [2.05, 4.69) is 5.32 Å². The van der Waals surface area contributed by atoms with E-state index in [1.807, 2.05) is 7.05 Å². The molecule has 0 atom stereocenters. The van der Waals surface area contributed by atoms with Crippen LogP contribution in [-0.4, -0.2) is 63.9 Å². The van der Waals surface area contributed by atoms with Gasteiger partial charge in [0.25, 0.3) is 5.91 Å². The fourth-order valence-electron chi connectivity index (χ4n) is 2.23. The lowest BCUT2D eigenvalue weighted by Gasteiger charge is -2.37. The second-order valence-electron chi connectivity index (χ2n) is 4.52. The first kappa shape index (κ1) is 17.6. The van der Waals surface area contributed by atoms with Gasteiger partial charge in [-0.05, 0) is 32.4 Å². The van der Waals surface area contributed by atoms with Crippen LogP contribution in [0.5, 0.6) is 0 Å². The van der Waals surface area contributed by atoms with Crippen LogP contribution in [0, 0.1) is 0 Å². The van der Waals surface area contributed by atoms with Gasteiger partial charge in [0.1, 0.15) is 5.60 Å². The van der Waals surface area contributed by atoms with Crippen LogP contribution in [0.1, 0.15) is 19.3 Å². The normalized spacial score (nSPS) is 17.9. The van der Waals surface area contributed by atoms with Crippen molar-refractivity contribution < 1.29 is 14.3 Å². The molecule has 6 heteroatoms. The van der Waals surface area contributed by atoms with Crippen LogP contribution in [0.4, 0.5) is 0 Å². The molecule has 1 fully saturated rings. The lowest BCUT2D eigenvalue weighted by molar-refractivity contribution is -0.157. The molecule has 18 heavy (non-hydrogen) atoms. The number of nitrogens with zero attached hydrogens (tertiary/aromatic N) is 1. The Hall–Kier alpha value is -0.360. The number of piperidine rings is 1. The number of likely N-dealkylation sites (N-methyl/N-ethyl adjacent to an activating group) is 1. The molecule has 0 aromatic rings. The average molecular weight is 281 g/mol. The molecule has 1 aliphatic heterocycles. The molecule has 1 heterocycles. The number of rotatable bonds is 6. The number of hydrogen-bond donors (Lipinski definition) is 1. The summed E-state index contributed by atoms with van der Waals surface area (Å²) >= 11 is 0. The van der Waals surface area contributed by atoms with Gasteiger partial charge in [0.2, 0.25) is 0 Å². The maximum atomic E-state index is 12.4. The SMILES string of the molecule is COCCCN(C)C(=O)C1(OC)CCNCC1.Cl. The number of methoxy groups -OCH3 is 2. The Morgan fingerprint density at radius 2 is 1.94 bits per heavy atom. The van der Waals surface area contributed by atoms with Crippen molar-refractivity contribution in [3.63, 3.8) is 0 Å². The molecule has 1 N–H and O–H groups in total. The minimum atomic E-state index is -0.618. The van der Waals surface area contributed by atoms with E-state index in [0.29, 0.717) is 13.2 Å². The highest BCUT2D eigenvalue weighted by atomic mass is 35.5. The third-order valence-corrected chi connectivity index (χ3v) is 3.38. The topological polar surface area (TPSA) is 50.8 Å². The van der Waals surface area contributed by atoms with Crippen molar-refractivity contribution in [3.05, 3.63) is 0 Å². The van der Waals surface area contributed by atoms with Gasteiger partial charge in [0, 0.05) is 34.4 Å². The standard InChI is InChI=1S/C12H24N2O3.ClH/c1-14(9-4-10-16-2)11(15)12(17-3)5-7-13-8-6-12;/h13H,4-10H2,1-3H3;1H. The molecule has 1 rings (SSSR count). The molecule has 1 amide bonds. The smallest absolute Gasteiger partial charge is 0.254 e. The van der Waals surface area contributed by atoms with Crippen LogP contribution in [0.3, 0.4) is 0 Å². The zero-order chi connectivity index (χ0) is 12.7. The minimum absolute atomic E-state index is 0. The van der Waals surface area contributed by atoms with Gasteiger partial charge in [0.05, 0.1) is 0 Å². The molecule has 0 aromatic heterocycles. The Morgan fingerprint density at radius 1 is 1.33 bits per heavy atom. The Bertz CT molecular complexity index is 245. The van der Waals surface area contributed by atoms with Crippen molar-refractivity contribution in [3.8, 4) is 0 Å². The summed E-state index contributed by atoms with van der Waals surface area (Å²) in [6.45, 7) is 3.07. The van der Waals surface area contributed by atoms with Crippen molar-refractivity contribution in [1.82, 2.24) is 10.2 Å². The predicted molar refractivity (Wildman–Crippen MR) is 73.2 cm³/mol. The van der Waals surface area contributed by atoms with Crippen molar-refractivity contribution in [2.75, 3.05) is 47.5 Å². The van der Waals surface area contributed by atoms with Gasteiger partial charge in [-0.3, -0.25) is 4.79 Å². The number of carbonyl (C=O) groups is 1. The molecular weight excluding hydrogens is 256 g/mol. The molecule has 0 spiro atoms. The highest BCUT2D eigenvalue weighted by molar-refractivity contribution is 5.85. The lowest BCUT2D eigenvalue weighted by atomic mass is 9.90. The molecular formula is C12H25ClN2O3. The van der Waals surface area contributed by atoms with E-state index in [9.17, 15) is 4.79 Å². The zero-order valence-electron chi connectivity index (χ0n) is 11.5. The number of hydrogen-bond acceptors (Lipinski definition) is 4. The van der Waals surface area contributed by atoms with Gasteiger partial charge in [-0.1, -0.05) is 0 Å². The second kappa shape index (κ2) is 8.69. The van der Waals surface area contributed by atoms with E-state index in [1.165, 1.54) is 0 Å². The number of amides is 1. The largest absolute Gasteiger partial charge is 0.385 e. The van der Waals surface area contributed by atoms with Crippen LogP contribution in [0.2, 0.25) is 0 Å². The van der Waals surface area contributed by atoms with Crippen LogP contribution < -0.4 is 5.32 Å². The monoisotopic (exact) mass is 280 g/mol. The first-order chi connectivity index (χ1) is 8.16. The first-order valence-electron chi connectivity index (χ1n) is 6.16. The van der Waals surface area contributed by atoms with Gasteiger partial charge in [-0.2, -0.15) is 0 Å². The quantitative estimate of drug-likeness (QED) is 0.727. The van der Waals surface area contributed by atoms with E-state index in [0.717, 1.165) is 32.4 Å².